The van der Waals surface area contributed by atoms with Gasteiger partial charge in [-0.3, -0.25) is 14.3 Å². The average molecular weight is 232 g/mol. The highest BCUT2D eigenvalue weighted by molar-refractivity contribution is 5.31. The Hall–Kier alpha value is -2.50. The maximum absolute atomic E-state index is 11.4. The summed E-state index contributed by atoms with van der Waals surface area (Å²) in [6.45, 7) is 0.342. The predicted molar refractivity (Wildman–Crippen MR) is 60.9 cm³/mol. The molecule has 0 aliphatic carbocycles. The summed E-state index contributed by atoms with van der Waals surface area (Å²) in [5.74, 6) is 0. The SMILES string of the molecule is O=[NH+]c1ccc(Cn2ccc(=O)[nH]c2=O)cc1. The minimum absolute atomic E-state index is 0.342. The largest absolute Gasteiger partial charge is 0.328 e. The number of hydrogen-bond acceptors (Lipinski definition) is 3. The molecule has 1 heterocycles. The van der Waals surface area contributed by atoms with E-state index in [2.05, 4.69) is 4.98 Å². The van der Waals surface area contributed by atoms with Crippen LogP contribution in [0.15, 0.2) is 46.1 Å². The third-order valence-electron chi connectivity index (χ3n) is 2.32. The number of nitrogens with one attached hydrogen (secondary N) is 2. The van der Waals surface area contributed by atoms with Crippen LogP contribution in [0.1, 0.15) is 5.56 Å². The number of nitroso groups, excluding NO2 is 1. The minimum Gasteiger partial charge on any atom is -0.296 e. The molecule has 2 aromatic rings. The van der Waals surface area contributed by atoms with E-state index in [4.69, 9.17) is 0 Å². The second-order valence-electron chi connectivity index (χ2n) is 3.54. The fourth-order valence-electron chi connectivity index (χ4n) is 1.44. The summed E-state index contributed by atoms with van der Waals surface area (Å²) in [5, 5.41) is 1.77. The van der Waals surface area contributed by atoms with E-state index in [0.29, 0.717) is 12.2 Å². The fourth-order valence-corrected chi connectivity index (χ4v) is 1.44. The molecule has 2 rings (SSSR count). The Balaban J connectivity index is 2.28. The topological polar surface area (TPSA) is 85.9 Å². The molecule has 0 saturated heterocycles. The third-order valence-corrected chi connectivity index (χ3v) is 2.32. The molecule has 1 aromatic carbocycles. The van der Waals surface area contributed by atoms with Gasteiger partial charge in [0.05, 0.1) is 6.54 Å². The Morgan fingerprint density at radius 1 is 1.12 bits per heavy atom. The van der Waals surface area contributed by atoms with Crippen molar-refractivity contribution < 1.29 is 5.18 Å². The van der Waals surface area contributed by atoms with Crippen LogP contribution in [0.4, 0.5) is 5.69 Å². The number of hydrogen-bond donors (Lipinski definition) is 2. The van der Waals surface area contributed by atoms with Crippen molar-refractivity contribution in [1.29, 1.82) is 0 Å². The van der Waals surface area contributed by atoms with Gasteiger partial charge < -0.3 is 0 Å². The first-order valence-corrected chi connectivity index (χ1v) is 4.96. The molecule has 6 nitrogen and oxygen atoms in total. The van der Waals surface area contributed by atoms with Crippen LogP contribution in [0, 0.1) is 4.91 Å². The van der Waals surface area contributed by atoms with Crippen molar-refractivity contribution >= 4 is 5.69 Å². The molecule has 0 amide bonds. The lowest BCUT2D eigenvalue weighted by Gasteiger charge is -2.03. The van der Waals surface area contributed by atoms with Gasteiger partial charge in [0.2, 0.25) is 0 Å². The lowest BCUT2D eigenvalue weighted by molar-refractivity contribution is -0.379. The van der Waals surface area contributed by atoms with Crippen molar-refractivity contribution in [1.82, 2.24) is 9.55 Å². The van der Waals surface area contributed by atoms with E-state index in [-0.39, 0.29) is 0 Å². The van der Waals surface area contributed by atoms with Gasteiger partial charge >= 0.3 is 5.69 Å². The zero-order valence-electron chi connectivity index (χ0n) is 8.84. The molecule has 6 heteroatoms. The molecule has 0 aliphatic rings. The highest BCUT2D eigenvalue weighted by atomic mass is 16.3. The molecule has 0 bridgehead atoms. The van der Waals surface area contributed by atoms with E-state index < -0.39 is 11.2 Å². The standard InChI is InChI=1S/C11H9N3O3/c15-10-5-6-14(11(16)12-10)7-8-1-3-9(13-17)4-2-8/h1-6H,7H2,(H,12,15,16)/p+1. The van der Waals surface area contributed by atoms with E-state index in [9.17, 15) is 14.5 Å². The highest BCUT2D eigenvalue weighted by Crippen LogP contribution is 2.04. The van der Waals surface area contributed by atoms with Crippen LogP contribution < -0.4 is 16.4 Å². The van der Waals surface area contributed by atoms with Crippen LogP contribution in [0.2, 0.25) is 0 Å². The molecule has 1 aromatic heterocycles. The van der Waals surface area contributed by atoms with Crippen molar-refractivity contribution in [3.63, 3.8) is 0 Å². The maximum atomic E-state index is 11.4. The number of rotatable bonds is 3. The first-order chi connectivity index (χ1) is 8.19. The van der Waals surface area contributed by atoms with Crippen LogP contribution in [0.25, 0.3) is 0 Å². The molecular weight excluding hydrogens is 222 g/mol. The molecule has 17 heavy (non-hydrogen) atoms. The molecule has 0 saturated carbocycles. The lowest BCUT2D eigenvalue weighted by atomic mass is 10.2. The highest BCUT2D eigenvalue weighted by Gasteiger charge is 2.01. The van der Waals surface area contributed by atoms with Gasteiger partial charge in [-0.25, -0.2) is 4.79 Å². The van der Waals surface area contributed by atoms with Crippen LogP contribution in [0.3, 0.4) is 0 Å². The fraction of sp³-hybridized carbons (Fsp3) is 0.0909. The van der Waals surface area contributed by atoms with E-state index in [0.717, 1.165) is 5.56 Å². The number of aromatic nitrogens is 2. The van der Waals surface area contributed by atoms with Crippen molar-refractivity contribution in [2.45, 2.75) is 6.54 Å². The smallest absolute Gasteiger partial charge is 0.296 e. The Bertz CT molecular complexity index is 640. The quantitative estimate of drug-likeness (QED) is 0.716. The summed E-state index contributed by atoms with van der Waals surface area (Å²) in [7, 11) is 0. The third kappa shape index (κ3) is 2.54. The predicted octanol–water partition coefficient (Wildman–Crippen LogP) is -0.937. The van der Waals surface area contributed by atoms with Crippen LogP contribution in [0.5, 0.6) is 0 Å². The van der Waals surface area contributed by atoms with Crippen LogP contribution in [-0.4, -0.2) is 9.55 Å². The van der Waals surface area contributed by atoms with E-state index in [1.807, 2.05) is 0 Å². The summed E-state index contributed by atoms with van der Waals surface area (Å²) in [4.78, 5) is 34.8. The molecule has 2 N–H and O–H groups in total. The number of benzene rings is 1. The molecule has 0 fully saturated rings. The first kappa shape index (κ1) is 11.0. The van der Waals surface area contributed by atoms with Gasteiger partial charge in [0.25, 0.3) is 11.2 Å². The zero-order chi connectivity index (χ0) is 12.3. The van der Waals surface area contributed by atoms with Crippen LogP contribution >= 0.6 is 0 Å². The second-order valence-corrected chi connectivity index (χ2v) is 3.54. The Morgan fingerprint density at radius 3 is 2.41 bits per heavy atom. The van der Waals surface area contributed by atoms with Crippen molar-refractivity contribution in [2.75, 3.05) is 0 Å². The molecule has 0 radical (unpaired) electrons. The van der Waals surface area contributed by atoms with Gasteiger partial charge in [0.1, 0.15) is 0 Å². The molecular formula is C11H10N3O3+. The summed E-state index contributed by atoms with van der Waals surface area (Å²) in [5.41, 5.74) is 0.446. The summed E-state index contributed by atoms with van der Waals surface area (Å²) in [6.07, 6.45) is 1.43. The summed E-state index contributed by atoms with van der Waals surface area (Å²) < 4.78 is 1.38. The summed E-state index contributed by atoms with van der Waals surface area (Å²) >= 11 is 0. The second kappa shape index (κ2) is 4.56. The van der Waals surface area contributed by atoms with E-state index in [1.54, 1.807) is 29.4 Å². The molecule has 0 spiro atoms. The van der Waals surface area contributed by atoms with Gasteiger partial charge in [-0.05, 0) is 5.56 Å². The Kier molecular flexibility index (Phi) is 2.95. The molecule has 0 unspecified atom stereocenters. The van der Waals surface area contributed by atoms with Crippen molar-refractivity contribution in [3.8, 4) is 0 Å². The van der Waals surface area contributed by atoms with Gasteiger partial charge in [0.15, 0.2) is 0 Å². The number of H-pyrrole nitrogens is 1. The monoisotopic (exact) mass is 232 g/mol. The Morgan fingerprint density at radius 2 is 1.82 bits per heavy atom. The molecule has 0 atom stereocenters. The van der Waals surface area contributed by atoms with Gasteiger partial charge in [-0.15, -0.1) is 0 Å². The molecule has 0 aliphatic heterocycles. The molecule has 86 valence electrons. The average Bonchev–Trinajstić information content (AvgIpc) is 2.34. The normalized spacial score (nSPS) is 10.1. The first-order valence-electron chi connectivity index (χ1n) is 4.96. The lowest BCUT2D eigenvalue weighted by Crippen LogP contribution is -2.55. The van der Waals surface area contributed by atoms with Crippen molar-refractivity contribution in [3.05, 3.63) is 67.8 Å². The van der Waals surface area contributed by atoms with Crippen LogP contribution in [-0.2, 0) is 6.54 Å². The van der Waals surface area contributed by atoms with E-state index in [1.165, 1.54) is 16.8 Å². The summed E-state index contributed by atoms with van der Waals surface area (Å²) in [6, 6.07) is 8.00. The Labute approximate surface area is 95.5 Å². The maximum Gasteiger partial charge on any atom is 0.328 e. The van der Waals surface area contributed by atoms with Gasteiger partial charge in [-0.2, -0.15) is 0 Å². The van der Waals surface area contributed by atoms with E-state index >= 15 is 0 Å². The van der Waals surface area contributed by atoms with Gasteiger partial charge in [-0.1, -0.05) is 12.1 Å². The number of nitrogens with zero attached hydrogens (tertiary/aromatic N) is 1. The zero-order valence-corrected chi connectivity index (χ0v) is 8.84. The minimum atomic E-state index is -0.455. The number of aromatic amines is 1. The van der Waals surface area contributed by atoms with Gasteiger partial charge in [0, 0.05) is 34.5 Å². The van der Waals surface area contributed by atoms with Crippen molar-refractivity contribution in [2.24, 2.45) is 0 Å².